The second-order valence-electron chi connectivity index (χ2n) is 5.51. The Morgan fingerprint density at radius 3 is 2.19 bits per heavy atom. The Balaban J connectivity index is 1.68. The predicted molar refractivity (Wildman–Crippen MR) is 96.2 cm³/mol. The topological polar surface area (TPSA) is 71.1 Å². The SMILES string of the molecule is O=C(NCc1ccccc1)c1cccc(C(=O)Nc2ccccc2F)n1. The Morgan fingerprint density at radius 2 is 1.46 bits per heavy atom. The van der Waals surface area contributed by atoms with Crippen LogP contribution in [0.4, 0.5) is 10.1 Å². The molecule has 0 atom stereocenters. The molecular weight excluding hydrogens is 333 g/mol. The molecule has 0 aliphatic rings. The first-order valence-electron chi connectivity index (χ1n) is 7.98. The lowest BCUT2D eigenvalue weighted by molar-refractivity contribution is 0.0945. The highest BCUT2D eigenvalue weighted by molar-refractivity contribution is 6.03. The molecule has 3 rings (SSSR count). The van der Waals surface area contributed by atoms with Crippen molar-refractivity contribution in [2.45, 2.75) is 6.54 Å². The van der Waals surface area contributed by atoms with E-state index in [2.05, 4.69) is 15.6 Å². The van der Waals surface area contributed by atoms with Crippen LogP contribution in [0.5, 0.6) is 0 Å². The van der Waals surface area contributed by atoms with Crippen molar-refractivity contribution in [3.05, 3.63) is 95.6 Å². The lowest BCUT2D eigenvalue weighted by Crippen LogP contribution is -2.25. The minimum Gasteiger partial charge on any atom is -0.347 e. The van der Waals surface area contributed by atoms with Gasteiger partial charge in [0.2, 0.25) is 0 Å². The Kier molecular flexibility index (Phi) is 5.34. The van der Waals surface area contributed by atoms with E-state index in [1.807, 2.05) is 30.3 Å². The highest BCUT2D eigenvalue weighted by Gasteiger charge is 2.13. The third-order valence-electron chi connectivity index (χ3n) is 3.63. The van der Waals surface area contributed by atoms with Crippen molar-refractivity contribution >= 4 is 17.5 Å². The fraction of sp³-hybridized carbons (Fsp3) is 0.0500. The summed E-state index contributed by atoms with van der Waals surface area (Å²) in [6, 6.07) is 19.8. The molecule has 3 aromatic rings. The van der Waals surface area contributed by atoms with Crippen LogP contribution in [0.25, 0.3) is 0 Å². The van der Waals surface area contributed by atoms with Crippen molar-refractivity contribution in [2.75, 3.05) is 5.32 Å². The minimum absolute atomic E-state index is 0.0283. The normalized spacial score (nSPS) is 10.2. The number of nitrogens with one attached hydrogen (secondary N) is 2. The summed E-state index contributed by atoms with van der Waals surface area (Å²) in [5.41, 5.74) is 1.15. The maximum Gasteiger partial charge on any atom is 0.274 e. The largest absolute Gasteiger partial charge is 0.347 e. The van der Waals surface area contributed by atoms with Crippen LogP contribution in [0.1, 0.15) is 26.5 Å². The number of amides is 2. The fourth-order valence-electron chi connectivity index (χ4n) is 2.31. The van der Waals surface area contributed by atoms with Crippen molar-refractivity contribution in [3.8, 4) is 0 Å². The third-order valence-corrected chi connectivity index (χ3v) is 3.63. The fourth-order valence-corrected chi connectivity index (χ4v) is 2.31. The van der Waals surface area contributed by atoms with Crippen molar-refractivity contribution in [2.24, 2.45) is 0 Å². The maximum absolute atomic E-state index is 13.6. The van der Waals surface area contributed by atoms with Crippen molar-refractivity contribution in [1.82, 2.24) is 10.3 Å². The van der Waals surface area contributed by atoms with Gasteiger partial charge in [0.15, 0.2) is 0 Å². The number of halogens is 1. The van der Waals surface area contributed by atoms with E-state index in [0.29, 0.717) is 6.54 Å². The average Bonchev–Trinajstić information content (AvgIpc) is 2.69. The van der Waals surface area contributed by atoms with Crippen LogP contribution >= 0.6 is 0 Å². The van der Waals surface area contributed by atoms with Crippen molar-refractivity contribution in [3.63, 3.8) is 0 Å². The molecular formula is C20H16FN3O2. The molecule has 0 radical (unpaired) electrons. The van der Waals surface area contributed by atoms with Crippen LogP contribution in [0.2, 0.25) is 0 Å². The van der Waals surface area contributed by atoms with Gasteiger partial charge in [-0.3, -0.25) is 9.59 Å². The number of nitrogens with zero attached hydrogens (tertiary/aromatic N) is 1. The van der Waals surface area contributed by atoms with Crippen LogP contribution in [-0.2, 0) is 6.54 Å². The molecule has 0 aliphatic heterocycles. The highest BCUT2D eigenvalue weighted by Crippen LogP contribution is 2.13. The molecule has 0 saturated carbocycles. The Bertz CT molecular complexity index is 929. The Hall–Kier alpha value is -3.54. The Morgan fingerprint density at radius 1 is 0.808 bits per heavy atom. The number of anilines is 1. The second-order valence-corrected chi connectivity index (χ2v) is 5.51. The number of carbonyl (C=O) groups excluding carboxylic acids is 2. The summed E-state index contributed by atoms with van der Waals surface area (Å²) in [4.78, 5) is 28.6. The van der Waals surface area contributed by atoms with Crippen LogP contribution in [-0.4, -0.2) is 16.8 Å². The van der Waals surface area contributed by atoms with Gasteiger partial charge in [-0.05, 0) is 29.8 Å². The molecule has 0 aliphatic carbocycles. The van der Waals surface area contributed by atoms with Gasteiger partial charge in [-0.2, -0.15) is 0 Å². The van der Waals surface area contributed by atoms with E-state index in [1.54, 1.807) is 12.1 Å². The summed E-state index contributed by atoms with van der Waals surface area (Å²) >= 11 is 0. The van der Waals surface area contributed by atoms with Gasteiger partial charge in [-0.15, -0.1) is 0 Å². The lowest BCUT2D eigenvalue weighted by atomic mass is 10.2. The van der Waals surface area contributed by atoms with Gasteiger partial charge in [-0.1, -0.05) is 48.5 Å². The molecule has 0 unspecified atom stereocenters. The van der Waals surface area contributed by atoms with E-state index in [-0.39, 0.29) is 17.1 Å². The number of benzene rings is 2. The molecule has 0 saturated heterocycles. The summed E-state index contributed by atoms with van der Waals surface area (Å²) in [6.45, 7) is 0.354. The lowest BCUT2D eigenvalue weighted by Gasteiger charge is -2.08. The monoisotopic (exact) mass is 349 g/mol. The molecule has 1 heterocycles. The highest BCUT2D eigenvalue weighted by atomic mass is 19.1. The zero-order valence-corrected chi connectivity index (χ0v) is 13.8. The zero-order valence-electron chi connectivity index (χ0n) is 13.8. The van der Waals surface area contributed by atoms with Crippen molar-refractivity contribution < 1.29 is 14.0 Å². The molecule has 6 heteroatoms. The molecule has 5 nitrogen and oxygen atoms in total. The number of aromatic nitrogens is 1. The van der Waals surface area contributed by atoms with Gasteiger partial charge in [0.05, 0.1) is 5.69 Å². The summed E-state index contributed by atoms with van der Waals surface area (Å²) < 4.78 is 13.6. The summed E-state index contributed by atoms with van der Waals surface area (Å²) in [6.07, 6.45) is 0. The molecule has 26 heavy (non-hydrogen) atoms. The molecule has 2 N–H and O–H groups in total. The third kappa shape index (κ3) is 4.30. The molecule has 1 aromatic heterocycles. The first-order chi connectivity index (χ1) is 12.6. The summed E-state index contributed by atoms with van der Waals surface area (Å²) in [5.74, 6) is -1.53. The number of hydrogen-bond acceptors (Lipinski definition) is 3. The molecule has 2 amide bonds. The molecule has 2 aromatic carbocycles. The van der Waals surface area contributed by atoms with Crippen LogP contribution in [0.3, 0.4) is 0 Å². The molecule has 130 valence electrons. The number of hydrogen-bond donors (Lipinski definition) is 2. The number of para-hydroxylation sites is 1. The summed E-state index contributed by atoms with van der Waals surface area (Å²) in [7, 11) is 0. The zero-order chi connectivity index (χ0) is 18.4. The van der Waals surface area contributed by atoms with Gasteiger partial charge in [0.25, 0.3) is 11.8 Å². The van der Waals surface area contributed by atoms with Crippen molar-refractivity contribution in [1.29, 1.82) is 0 Å². The number of pyridine rings is 1. The first-order valence-corrected chi connectivity index (χ1v) is 7.98. The second kappa shape index (κ2) is 8.02. The van der Waals surface area contributed by atoms with E-state index in [0.717, 1.165) is 5.56 Å². The minimum atomic E-state index is -0.590. The smallest absolute Gasteiger partial charge is 0.274 e. The standard InChI is InChI=1S/C20H16FN3O2/c21-15-9-4-5-10-16(15)24-20(26)18-12-6-11-17(23-18)19(25)22-13-14-7-2-1-3-8-14/h1-12H,13H2,(H,22,25)(H,24,26). The van der Waals surface area contributed by atoms with E-state index >= 15 is 0 Å². The van der Waals surface area contributed by atoms with Gasteiger partial charge < -0.3 is 10.6 Å². The maximum atomic E-state index is 13.6. The predicted octanol–water partition coefficient (Wildman–Crippen LogP) is 3.40. The molecule has 0 spiro atoms. The van der Waals surface area contributed by atoms with Crippen LogP contribution < -0.4 is 10.6 Å². The van der Waals surface area contributed by atoms with E-state index < -0.39 is 17.6 Å². The van der Waals surface area contributed by atoms with E-state index in [4.69, 9.17) is 0 Å². The molecule has 0 fully saturated rings. The first kappa shape index (κ1) is 17.3. The quantitative estimate of drug-likeness (QED) is 0.742. The van der Waals surface area contributed by atoms with Crippen LogP contribution in [0.15, 0.2) is 72.8 Å². The Labute approximate surface area is 149 Å². The van der Waals surface area contributed by atoms with Gasteiger partial charge in [-0.25, -0.2) is 9.37 Å². The molecule has 0 bridgehead atoms. The van der Waals surface area contributed by atoms with E-state index in [9.17, 15) is 14.0 Å². The van der Waals surface area contributed by atoms with Gasteiger partial charge >= 0.3 is 0 Å². The van der Waals surface area contributed by atoms with Gasteiger partial charge in [0, 0.05) is 6.54 Å². The van der Waals surface area contributed by atoms with E-state index in [1.165, 1.54) is 30.3 Å². The average molecular weight is 349 g/mol. The van der Waals surface area contributed by atoms with Crippen LogP contribution in [0, 0.1) is 5.82 Å². The van der Waals surface area contributed by atoms with Gasteiger partial charge in [0.1, 0.15) is 17.2 Å². The summed E-state index contributed by atoms with van der Waals surface area (Å²) in [5, 5.41) is 5.19. The number of rotatable bonds is 5. The number of carbonyl (C=O) groups is 2.